The van der Waals surface area contributed by atoms with Crippen LogP contribution in [0.15, 0.2) is 0 Å². The fraction of sp³-hybridized carbons (Fsp3) is 1.00. The fourth-order valence-electron chi connectivity index (χ4n) is 1.42. The Balaban J connectivity index is 2.85. The molecule has 5 N–H and O–H groups in total. The summed E-state index contributed by atoms with van der Waals surface area (Å²) in [5.74, 6) is 0. The Hall–Kier alpha value is 0.477. The van der Waals surface area contributed by atoms with Crippen LogP contribution < -0.4 is 16.8 Å². The van der Waals surface area contributed by atoms with Crippen molar-refractivity contribution >= 4 is 17.7 Å². The van der Waals surface area contributed by atoms with Gasteiger partial charge < -0.3 is 0 Å². The minimum atomic E-state index is 0.348. The summed E-state index contributed by atoms with van der Waals surface area (Å²) in [7, 11) is 0. The van der Waals surface area contributed by atoms with Gasteiger partial charge in [-0.2, -0.15) is 0 Å². The zero-order valence-electron chi connectivity index (χ0n) is 9.60. The zero-order chi connectivity index (χ0) is 10.6. The van der Waals surface area contributed by atoms with Gasteiger partial charge in [0.2, 0.25) is 0 Å². The second-order valence-corrected chi connectivity index (χ2v) is 4.07. The molecule has 0 heterocycles. The van der Waals surface area contributed by atoms with Crippen molar-refractivity contribution in [2.24, 2.45) is 11.5 Å². The number of unbranched alkanes of at least 4 members (excludes halogenated alkanes) is 3. The summed E-state index contributed by atoms with van der Waals surface area (Å²) in [5, 5.41) is 3.43. The monoisotopic (exact) mass is 193 g/mol. The summed E-state index contributed by atoms with van der Waals surface area (Å²) in [6.45, 7) is 3.09. The van der Waals surface area contributed by atoms with E-state index >= 15 is 0 Å². The molecule has 0 spiro atoms. The molecule has 0 aromatic heterocycles. The Bertz CT molecular complexity index is 110. The summed E-state index contributed by atoms with van der Waals surface area (Å²) >= 11 is 2.06. The van der Waals surface area contributed by atoms with Crippen LogP contribution in [-0.4, -0.2) is 42.1 Å². The average molecular weight is 193 g/mol. The van der Waals surface area contributed by atoms with Gasteiger partial charge in [-0.05, 0) is 0 Å². The van der Waals surface area contributed by atoms with Crippen LogP contribution in [0, 0.1) is 0 Å². The summed E-state index contributed by atoms with van der Waals surface area (Å²) in [6, 6.07) is 0. The Morgan fingerprint density at radius 2 is 1.64 bits per heavy atom. The maximum atomic E-state index is 5.65. The van der Waals surface area contributed by atoms with E-state index in [1.165, 1.54) is 32.1 Å². The van der Waals surface area contributed by atoms with E-state index in [9.17, 15) is 0 Å². The molecule has 3 nitrogen and oxygen atoms in total. The number of hydrogen-bond donors (Lipinski definition) is 3. The number of rotatable bonds is 10. The van der Waals surface area contributed by atoms with Crippen LogP contribution in [0.2, 0.25) is 0 Å². The van der Waals surface area contributed by atoms with Crippen LogP contribution >= 0.6 is 0 Å². The van der Waals surface area contributed by atoms with Gasteiger partial charge in [0.15, 0.2) is 0 Å². The fourth-order valence-corrected chi connectivity index (χ4v) is 1.42. The van der Waals surface area contributed by atoms with Crippen LogP contribution in [0.3, 0.4) is 0 Å². The van der Waals surface area contributed by atoms with Crippen LogP contribution in [0.25, 0.3) is 0 Å². The first-order valence-electron chi connectivity index (χ1n) is 5.93. The number of nitrogens with two attached hydrogens (primary N) is 2. The van der Waals surface area contributed by atoms with E-state index in [4.69, 9.17) is 11.5 Å². The first-order valence-corrected chi connectivity index (χ1v) is 5.93. The van der Waals surface area contributed by atoms with Crippen molar-refractivity contribution in [3.63, 3.8) is 0 Å². The molecule has 0 bridgehead atoms. The van der Waals surface area contributed by atoms with Gasteiger partial charge in [-0.3, -0.25) is 0 Å². The normalized spacial score (nSPS) is 13.1. The van der Waals surface area contributed by atoms with E-state index < -0.39 is 0 Å². The van der Waals surface area contributed by atoms with Gasteiger partial charge in [0.25, 0.3) is 0 Å². The second kappa shape index (κ2) is 11.6. The van der Waals surface area contributed by atoms with Crippen molar-refractivity contribution in [3.8, 4) is 0 Å². The minimum absolute atomic E-state index is 0.348. The van der Waals surface area contributed by atoms with Crippen LogP contribution in [0.4, 0.5) is 0 Å². The zero-order valence-corrected chi connectivity index (χ0v) is 9.60. The van der Waals surface area contributed by atoms with Gasteiger partial charge in [-0.25, -0.2) is 0 Å². The molecule has 4 heteroatoms. The quantitative estimate of drug-likeness (QED) is 0.346. The third-order valence-electron chi connectivity index (χ3n) is 2.32. The van der Waals surface area contributed by atoms with Crippen molar-refractivity contribution in [1.82, 2.24) is 5.32 Å². The molecule has 80 valence electrons. The Labute approximate surface area is 97.6 Å². The standard InChI is InChI=1S/C10H24N3.Li/c11-7-3-1-2-5-9-13-10-6-4-8-12;/h8,13H,1-7,9-12H2;. The van der Waals surface area contributed by atoms with E-state index in [0.29, 0.717) is 4.71 Å². The van der Waals surface area contributed by atoms with Crippen LogP contribution in [-0.2, 0) is 0 Å². The molecule has 1 unspecified atom stereocenters. The van der Waals surface area contributed by atoms with Gasteiger partial charge in [0, 0.05) is 0 Å². The molecule has 0 radical (unpaired) electrons. The molecule has 0 aromatic rings. The molecule has 0 aliphatic rings. The van der Waals surface area contributed by atoms with Crippen molar-refractivity contribution in [2.75, 3.05) is 19.6 Å². The Morgan fingerprint density at radius 3 is 2.29 bits per heavy atom. The van der Waals surface area contributed by atoms with Gasteiger partial charge in [-0.15, -0.1) is 0 Å². The molecular weight excluding hydrogens is 169 g/mol. The van der Waals surface area contributed by atoms with E-state index in [1.54, 1.807) is 0 Å². The van der Waals surface area contributed by atoms with Gasteiger partial charge in [-0.1, -0.05) is 0 Å². The SMILES string of the molecule is [Li][CH](N)CCCNCCCCCCN. The molecule has 0 amide bonds. The molecule has 14 heavy (non-hydrogen) atoms. The van der Waals surface area contributed by atoms with E-state index in [1.807, 2.05) is 0 Å². The Morgan fingerprint density at radius 1 is 1.00 bits per heavy atom. The third-order valence-corrected chi connectivity index (χ3v) is 2.32. The summed E-state index contributed by atoms with van der Waals surface area (Å²) in [5.41, 5.74) is 11.1. The first-order chi connectivity index (χ1) is 6.77. The molecule has 0 saturated heterocycles. The van der Waals surface area contributed by atoms with Crippen molar-refractivity contribution in [2.45, 2.75) is 43.2 Å². The van der Waals surface area contributed by atoms with E-state index in [0.717, 1.165) is 26.1 Å². The van der Waals surface area contributed by atoms with E-state index in [2.05, 4.69) is 23.0 Å². The first kappa shape index (κ1) is 14.5. The molecule has 0 rings (SSSR count). The van der Waals surface area contributed by atoms with Gasteiger partial charge >= 0.3 is 97.4 Å². The number of hydrogen-bond acceptors (Lipinski definition) is 3. The van der Waals surface area contributed by atoms with Crippen LogP contribution in [0.5, 0.6) is 0 Å². The molecule has 0 saturated carbocycles. The Kier molecular flexibility index (Phi) is 11.9. The summed E-state index contributed by atoms with van der Waals surface area (Å²) in [4.78, 5) is 0. The third kappa shape index (κ3) is 12.5. The van der Waals surface area contributed by atoms with E-state index in [-0.39, 0.29) is 0 Å². The van der Waals surface area contributed by atoms with Crippen molar-refractivity contribution in [1.29, 1.82) is 0 Å². The summed E-state index contributed by atoms with van der Waals surface area (Å²) in [6.07, 6.45) is 7.35. The molecule has 0 fully saturated rings. The number of nitrogens with one attached hydrogen (secondary N) is 1. The van der Waals surface area contributed by atoms with Gasteiger partial charge in [0.05, 0.1) is 0 Å². The van der Waals surface area contributed by atoms with Gasteiger partial charge in [0.1, 0.15) is 0 Å². The average Bonchev–Trinajstić information content (AvgIpc) is 2.15. The van der Waals surface area contributed by atoms with Crippen molar-refractivity contribution < 1.29 is 0 Å². The molecular formula is C10H24LiN3. The van der Waals surface area contributed by atoms with Crippen molar-refractivity contribution in [3.05, 3.63) is 0 Å². The molecule has 0 aliphatic carbocycles. The molecule has 1 atom stereocenters. The topological polar surface area (TPSA) is 64.1 Å². The molecule has 0 aromatic carbocycles. The molecule has 0 aliphatic heterocycles. The second-order valence-electron chi connectivity index (χ2n) is 4.07. The van der Waals surface area contributed by atoms with Crippen LogP contribution in [0.1, 0.15) is 38.5 Å². The predicted molar refractivity (Wildman–Crippen MR) is 63.4 cm³/mol. The maximum absolute atomic E-state index is 5.65. The summed E-state index contributed by atoms with van der Waals surface area (Å²) < 4.78 is 0.348. The predicted octanol–water partition coefficient (Wildman–Crippen LogP) is 0.329.